The number of phenols is 1. The monoisotopic (exact) mass is 1110 g/mol. The third kappa shape index (κ3) is 19.2. The van der Waals surface area contributed by atoms with Crippen LogP contribution in [0.1, 0.15) is 6.92 Å². The molecule has 0 bridgehead atoms. The summed E-state index contributed by atoms with van der Waals surface area (Å²) in [6.07, 6.45) is 0. The van der Waals surface area contributed by atoms with E-state index in [9.17, 15) is 19.5 Å². The number of carboxylic acid groups (broad SMARTS) is 1. The van der Waals surface area contributed by atoms with Gasteiger partial charge in [0.05, 0.1) is 23.9 Å². The summed E-state index contributed by atoms with van der Waals surface area (Å²) >= 11 is 22.1. The van der Waals surface area contributed by atoms with E-state index >= 15 is 0 Å². The van der Waals surface area contributed by atoms with E-state index in [0.717, 1.165) is 69.3 Å². The van der Waals surface area contributed by atoms with Crippen molar-refractivity contribution in [2.24, 2.45) is 0 Å². The fraction of sp³-hybridized carbons (Fsp3) is 0.214. The van der Waals surface area contributed by atoms with E-state index in [0.29, 0.717) is 18.1 Å². The van der Waals surface area contributed by atoms with E-state index in [1.54, 1.807) is 30.8 Å². The Balaban J connectivity index is 0.000000226. The zero-order chi connectivity index (χ0) is 42.3. The molecular weight excluding hydrogens is 1080 g/mol. The Morgan fingerprint density at radius 1 is 0.621 bits per heavy atom. The van der Waals surface area contributed by atoms with Gasteiger partial charge in [0.25, 0.3) is 0 Å². The van der Waals surface area contributed by atoms with Gasteiger partial charge in [0.1, 0.15) is 5.75 Å². The lowest BCUT2D eigenvalue weighted by Gasteiger charge is -2.36. The van der Waals surface area contributed by atoms with Gasteiger partial charge in [-0.25, -0.2) is 0 Å². The molecule has 1 saturated heterocycles. The number of thioether (sulfide) groups is 3. The third-order valence-electron chi connectivity index (χ3n) is 7.56. The van der Waals surface area contributed by atoms with E-state index in [2.05, 4.69) is 81.2 Å². The van der Waals surface area contributed by atoms with Gasteiger partial charge in [-0.1, -0.05) is 48.5 Å². The number of esters is 1. The maximum atomic E-state index is 12.4. The molecule has 5 aromatic rings. The van der Waals surface area contributed by atoms with Gasteiger partial charge in [-0.3, -0.25) is 14.4 Å². The van der Waals surface area contributed by atoms with Gasteiger partial charge in [0.2, 0.25) is 5.91 Å². The second kappa shape index (κ2) is 28.0. The molecule has 0 atom stereocenters. The highest BCUT2D eigenvalue weighted by molar-refractivity contribution is 9.11. The fourth-order valence-electron chi connectivity index (χ4n) is 4.72. The summed E-state index contributed by atoms with van der Waals surface area (Å²) in [5, 5.41) is 17.8. The molecule has 0 spiro atoms. The largest absolute Gasteiger partial charge is 0.508 e. The van der Waals surface area contributed by atoms with Crippen molar-refractivity contribution in [3.63, 3.8) is 0 Å². The number of carbonyl (C=O) groups is 3. The first-order valence-electron chi connectivity index (χ1n) is 17.6. The molecule has 1 amide bonds. The Kier molecular flexibility index (Phi) is 24.1. The molecule has 0 unspecified atom stereocenters. The van der Waals surface area contributed by atoms with Crippen molar-refractivity contribution in [2.75, 3.05) is 54.9 Å². The lowest BCUT2D eigenvalue weighted by atomic mass is 10.2. The zero-order valence-electron chi connectivity index (χ0n) is 31.3. The maximum Gasteiger partial charge on any atom is 0.316 e. The number of thiol groups is 1. The number of carboxylic acids is 1. The Bertz CT molecular complexity index is 2020. The smallest absolute Gasteiger partial charge is 0.316 e. The molecule has 0 saturated carbocycles. The Hall–Kier alpha value is -2.57. The van der Waals surface area contributed by atoms with Crippen LogP contribution in [0.15, 0.2) is 159 Å². The summed E-state index contributed by atoms with van der Waals surface area (Å²) in [5.74, 6) is 0.405. The van der Waals surface area contributed by atoms with Crippen LogP contribution in [-0.4, -0.2) is 83.0 Å². The standard InChI is InChI=1S/C18H19BrN2O2S.C10H11BrO2S.C8H7BrO2S.C6H5BrS/c19-16-3-1-2-4-17(16)24-13-18(23)21-11-9-20(10-12-21)14-5-7-15(22)8-6-14;1-2-13-10(12)7-14-9-6-4-3-5-8(9)11;9-6-3-1-2-4-7(6)12-5-8(10)11;7-5-3-1-2-4-6(5)8/h1-8,22H,9-13H2;3-6H,2,7H2,1H3;1-4H,5H2,(H,10,11);1-4,8H. The highest BCUT2D eigenvalue weighted by atomic mass is 79.9. The minimum Gasteiger partial charge on any atom is -0.508 e. The number of phenolic OH excluding ortho intramolecular Hbond substituents is 1. The number of aromatic hydroxyl groups is 1. The van der Waals surface area contributed by atoms with E-state index in [1.165, 1.54) is 23.5 Å². The van der Waals surface area contributed by atoms with Gasteiger partial charge < -0.3 is 24.7 Å². The van der Waals surface area contributed by atoms with E-state index in [1.807, 2.05) is 114 Å². The number of amides is 1. The number of benzene rings is 5. The Morgan fingerprint density at radius 3 is 1.47 bits per heavy atom. The van der Waals surface area contributed by atoms with Gasteiger partial charge in [0, 0.05) is 69.3 Å². The number of hydrogen-bond donors (Lipinski definition) is 3. The number of nitrogens with zero attached hydrogens (tertiary/aromatic N) is 2. The van der Waals surface area contributed by atoms with Crippen LogP contribution in [0, 0.1) is 0 Å². The Morgan fingerprint density at radius 2 is 1.05 bits per heavy atom. The molecule has 1 aliphatic rings. The minimum absolute atomic E-state index is 0.0998. The molecule has 1 aliphatic heterocycles. The minimum atomic E-state index is -0.796. The van der Waals surface area contributed by atoms with Crippen molar-refractivity contribution in [1.82, 2.24) is 4.90 Å². The number of carbonyl (C=O) groups excluding carboxylic acids is 2. The lowest BCUT2D eigenvalue weighted by Crippen LogP contribution is -2.49. The summed E-state index contributed by atoms with van der Waals surface area (Å²) in [4.78, 5) is 42.0. The summed E-state index contributed by atoms with van der Waals surface area (Å²) in [7, 11) is 0. The van der Waals surface area contributed by atoms with Gasteiger partial charge in [-0.2, -0.15) is 0 Å². The van der Waals surface area contributed by atoms with Crippen LogP contribution < -0.4 is 4.90 Å². The van der Waals surface area contributed by atoms with Crippen LogP contribution in [0.4, 0.5) is 5.69 Å². The number of rotatable bonds is 11. The van der Waals surface area contributed by atoms with Gasteiger partial charge >= 0.3 is 11.9 Å². The molecule has 1 heterocycles. The van der Waals surface area contributed by atoms with Crippen LogP contribution in [0.3, 0.4) is 0 Å². The van der Waals surface area contributed by atoms with Crippen LogP contribution >= 0.6 is 112 Å². The van der Waals surface area contributed by atoms with E-state index < -0.39 is 5.97 Å². The highest BCUT2D eigenvalue weighted by Crippen LogP contribution is 2.29. The average molecular weight is 1120 g/mol. The third-order valence-corrected chi connectivity index (χ3v) is 15.0. The highest BCUT2D eigenvalue weighted by Gasteiger charge is 2.21. The first kappa shape index (κ1) is 49.8. The van der Waals surface area contributed by atoms with Crippen LogP contribution in [0.25, 0.3) is 0 Å². The molecule has 1 fully saturated rings. The molecule has 0 radical (unpaired) electrons. The number of halogens is 4. The van der Waals surface area contributed by atoms with Crippen LogP contribution in [0.2, 0.25) is 0 Å². The first-order valence-corrected chi connectivity index (χ1v) is 24.2. The predicted molar refractivity (Wildman–Crippen MR) is 257 cm³/mol. The molecule has 6 rings (SSSR count). The molecular formula is C42H42Br4N2O6S4. The normalized spacial score (nSPS) is 11.8. The summed E-state index contributed by atoms with van der Waals surface area (Å²) in [5.41, 5.74) is 1.09. The summed E-state index contributed by atoms with van der Waals surface area (Å²) in [6.45, 7) is 5.34. The molecule has 8 nitrogen and oxygen atoms in total. The molecule has 0 aromatic heterocycles. The fourth-order valence-corrected chi connectivity index (χ4v) is 9.29. The van der Waals surface area contributed by atoms with E-state index in [-0.39, 0.29) is 23.4 Å². The topological polar surface area (TPSA) is 107 Å². The van der Waals surface area contributed by atoms with Crippen molar-refractivity contribution >= 4 is 135 Å². The van der Waals surface area contributed by atoms with Gasteiger partial charge in [-0.05, 0) is 143 Å². The number of ether oxygens (including phenoxy) is 1. The molecule has 308 valence electrons. The van der Waals surface area contributed by atoms with Crippen molar-refractivity contribution in [3.05, 3.63) is 139 Å². The second-order valence-corrected chi connectivity index (χ2v) is 18.6. The van der Waals surface area contributed by atoms with Crippen molar-refractivity contribution in [2.45, 2.75) is 26.5 Å². The molecule has 16 heteroatoms. The van der Waals surface area contributed by atoms with Gasteiger partial charge in [-0.15, -0.1) is 47.9 Å². The van der Waals surface area contributed by atoms with Crippen molar-refractivity contribution in [3.8, 4) is 5.75 Å². The molecule has 5 aromatic carbocycles. The SMILES string of the molecule is CCOC(=O)CSc1ccccc1Br.O=C(CSc1ccccc1Br)N1CCN(c2ccc(O)cc2)CC1.O=C(O)CSc1ccccc1Br.Sc1ccccc1Br. The molecule has 2 N–H and O–H groups in total. The number of piperazine rings is 1. The van der Waals surface area contributed by atoms with Crippen molar-refractivity contribution < 1.29 is 29.3 Å². The van der Waals surface area contributed by atoms with Crippen molar-refractivity contribution in [1.29, 1.82) is 0 Å². The van der Waals surface area contributed by atoms with Crippen LogP contribution in [0.5, 0.6) is 5.75 Å². The summed E-state index contributed by atoms with van der Waals surface area (Å²) in [6, 6.07) is 38.4. The number of anilines is 1. The maximum absolute atomic E-state index is 12.4. The van der Waals surface area contributed by atoms with Gasteiger partial charge in [0.15, 0.2) is 0 Å². The number of hydrogen-bond acceptors (Lipinski definition) is 10. The predicted octanol–water partition coefficient (Wildman–Crippen LogP) is 12.1. The molecule has 58 heavy (non-hydrogen) atoms. The first-order chi connectivity index (χ1) is 27.9. The lowest BCUT2D eigenvalue weighted by molar-refractivity contribution is -0.140. The average Bonchev–Trinajstić information content (AvgIpc) is 3.22. The van der Waals surface area contributed by atoms with Crippen LogP contribution in [-0.2, 0) is 19.1 Å². The number of aliphatic carboxylic acids is 1. The Labute approximate surface area is 392 Å². The second-order valence-electron chi connectivity index (χ2n) is 11.7. The zero-order valence-corrected chi connectivity index (χ0v) is 41.0. The summed E-state index contributed by atoms with van der Waals surface area (Å²) < 4.78 is 8.85. The quantitative estimate of drug-likeness (QED) is 0.0672. The van der Waals surface area contributed by atoms with E-state index in [4.69, 9.17) is 9.84 Å². The molecule has 0 aliphatic carbocycles.